The molecule has 0 bridgehead atoms. The van der Waals surface area contributed by atoms with E-state index in [2.05, 4.69) is 68.6 Å². The number of benzene rings is 3. The molecule has 0 aliphatic carbocycles. The summed E-state index contributed by atoms with van der Waals surface area (Å²) in [5.74, 6) is 0. The molecule has 29 heavy (non-hydrogen) atoms. The minimum Gasteiger partial charge on any atom is -0.372 e. The highest BCUT2D eigenvalue weighted by Crippen LogP contribution is 2.39. The van der Waals surface area contributed by atoms with E-state index in [1.807, 2.05) is 42.5 Å². The Kier molecular flexibility index (Phi) is 6.30. The molecule has 0 saturated carbocycles. The van der Waals surface area contributed by atoms with E-state index in [0.29, 0.717) is 17.9 Å². The van der Waals surface area contributed by atoms with E-state index in [1.165, 1.54) is 5.56 Å². The lowest BCUT2D eigenvalue weighted by atomic mass is 9.77. The Morgan fingerprint density at radius 2 is 1.31 bits per heavy atom. The van der Waals surface area contributed by atoms with Crippen LogP contribution in [0.1, 0.15) is 50.3 Å². The van der Waals surface area contributed by atoms with Crippen LogP contribution in [0.3, 0.4) is 0 Å². The van der Waals surface area contributed by atoms with Gasteiger partial charge >= 0.3 is 0 Å². The number of anilines is 1. The molecule has 2 nitrogen and oxygen atoms in total. The van der Waals surface area contributed by atoms with Crippen LogP contribution in [0, 0.1) is 11.3 Å². The summed E-state index contributed by atoms with van der Waals surface area (Å²) < 4.78 is 0. The van der Waals surface area contributed by atoms with E-state index in [-0.39, 0.29) is 5.41 Å². The number of hydrogen-bond donors (Lipinski definition) is 1. The van der Waals surface area contributed by atoms with E-state index in [9.17, 15) is 5.26 Å². The van der Waals surface area contributed by atoms with Crippen LogP contribution in [0.2, 0.25) is 5.02 Å². The van der Waals surface area contributed by atoms with Crippen molar-refractivity contribution >= 4 is 17.3 Å². The van der Waals surface area contributed by atoms with Crippen molar-refractivity contribution in [1.82, 2.24) is 0 Å². The highest BCUT2D eigenvalue weighted by Gasteiger charge is 2.34. The van der Waals surface area contributed by atoms with Crippen molar-refractivity contribution in [1.29, 1.82) is 5.26 Å². The SMILES string of the molecule is CC(C)(C)c1ccc(C(CCC#N)(Nc2ccccc2)c2ccc(Cl)cc2)cc1. The van der Waals surface area contributed by atoms with Gasteiger partial charge in [-0.2, -0.15) is 5.26 Å². The number of nitrogens with zero attached hydrogens (tertiary/aromatic N) is 1. The van der Waals surface area contributed by atoms with Gasteiger partial charge in [0.15, 0.2) is 0 Å². The molecule has 1 N–H and O–H groups in total. The number of nitriles is 1. The Labute approximate surface area is 179 Å². The van der Waals surface area contributed by atoms with Crippen molar-refractivity contribution in [2.45, 2.75) is 44.6 Å². The van der Waals surface area contributed by atoms with Gasteiger partial charge in [-0.3, -0.25) is 0 Å². The molecular formula is C26H27ClN2. The quantitative estimate of drug-likeness (QED) is 0.469. The maximum absolute atomic E-state index is 9.39. The zero-order valence-corrected chi connectivity index (χ0v) is 18.0. The normalized spacial score (nSPS) is 13.3. The first-order chi connectivity index (χ1) is 13.8. The lowest BCUT2D eigenvalue weighted by Gasteiger charge is -2.37. The van der Waals surface area contributed by atoms with Gasteiger partial charge in [-0.1, -0.05) is 87.0 Å². The lowest BCUT2D eigenvalue weighted by Crippen LogP contribution is -2.37. The summed E-state index contributed by atoms with van der Waals surface area (Å²) in [6.45, 7) is 6.64. The number of hydrogen-bond acceptors (Lipinski definition) is 2. The third-order valence-corrected chi connectivity index (χ3v) is 5.58. The highest BCUT2D eigenvalue weighted by atomic mass is 35.5. The topological polar surface area (TPSA) is 35.8 Å². The van der Waals surface area contributed by atoms with Gasteiger partial charge in [-0.25, -0.2) is 0 Å². The molecule has 0 heterocycles. The predicted molar refractivity (Wildman–Crippen MR) is 122 cm³/mol. The van der Waals surface area contributed by atoms with Crippen LogP contribution in [0.25, 0.3) is 0 Å². The molecule has 0 saturated heterocycles. The van der Waals surface area contributed by atoms with Gasteiger partial charge in [-0.15, -0.1) is 0 Å². The van der Waals surface area contributed by atoms with Crippen molar-refractivity contribution in [3.63, 3.8) is 0 Å². The third kappa shape index (κ3) is 4.81. The molecule has 0 aliphatic rings. The van der Waals surface area contributed by atoms with Gasteiger partial charge in [-0.05, 0) is 52.8 Å². The van der Waals surface area contributed by atoms with Crippen molar-refractivity contribution in [3.8, 4) is 6.07 Å². The maximum atomic E-state index is 9.39. The van der Waals surface area contributed by atoms with Gasteiger partial charge in [0, 0.05) is 17.1 Å². The van der Waals surface area contributed by atoms with Crippen LogP contribution in [0.5, 0.6) is 0 Å². The van der Waals surface area contributed by atoms with Crippen LogP contribution < -0.4 is 5.32 Å². The molecule has 1 unspecified atom stereocenters. The molecule has 0 amide bonds. The van der Waals surface area contributed by atoms with Crippen molar-refractivity contribution in [2.24, 2.45) is 0 Å². The van der Waals surface area contributed by atoms with Crippen LogP contribution in [0.4, 0.5) is 5.69 Å². The van der Waals surface area contributed by atoms with Crippen LogP contribution in [0.15, 0.2) is 78.9 Å². The second-order valence-electron chi connectivity index (χ2n) is 8.39. The predicted octanol–water partition coefficient (Wildman–Crippen LogP) is 7.30. The Balaban J connectivity index is 2.17. The molecule has 148 valence electrons. The molecule has 3 aromatic rings. The van der Waals surface area contributed by atoms with E-state index in [0.717, 1.165) is 16.8 Å². The van der Waals surface area contributed by atoms with Crippen molar-refractivity contribution in [2.75, 3.05) is 5.32 Å². The summed E-state index contributed by atoms with van der Waals surface area (Å²) in [5.41, 5.74) is 4.07. The fraction of sp³-hybridized carbons (Fsp3) is 0.269. The number of nitrogens with one attached hydrogen (secondary N) is 1. The van der Waals surface area contributed by atoms with Crippen molar-refractivity contribution in [3.05, 3.63) is 101 Å². The zero-order chi connectivity index (χ0) is 20.9. The van der Waals surface area contributed by atoms with Crippen molar-refractivity contribution < 1.29 is 0 Å². The van der Waals surface area contributed by atoms with E-state index < -0.39 is 5.54 Å². The summed E-state index contributed by atoms with van der Waals surface area (Å²) in [4.78, 5) is 0. The van der Waals surface area contributed by atoms with Gasteiger partial charge in [0.1, 0.15) is 0 Å². The summed E-state index contributed by atoms with van der Waals surface area (Å²) in [7, 11) is 0. The monoisotopic (exact) mass is 402 g/mol. The number of rotatable bonds is 6. The Bertz CT molecular complexity index is 964. The minimum absolute atomic E-state index is 0.0843. The van der Waals surface area contributed by atoms with Crippen LogP contribution in [-0.4, -0.2) is 0 Å². The van der Waals surface area contributed by atoms with Gasteiger partial charge in [0.2, 0.25) is 0 Å². The molecule has 3 rings (SSSR count). The highest BCUT2D eigenvalue weighted by molar-refractivity contribution is 6.30. The van der Waals surface area contributed by atoms with Gasteiger partial charge < -0.3 is 5.32 Å². The molecule has 0 spiro atoms. The number of para-hydroxylation sites is 1. The fourth-order valence-corrected chi connectivity index (χ4v) is 3.79. The maximum Gasteiger partial charge on any atom is 0.0889 e. The molecule has 0 radical (unpaired) electrons. The van der Waals surface area contributed by atoms with E-state index >= 15 is 0 Å². The first-order valence-corrected chi connectivity index (χ1v) is 10.3. The second-order valence-corrected chi connectivity index (χ2v) is 8.83. The lowest BCUT2D eigenvalue weighted by molar-refractivity contribution is 0.541. The molecule has 0 aromatic heterocycles. The number of halogens is 1. The molecule has 1 atom stereocenters. The van der Waals surface area contributed by atoms with Crippen LogP contribution >= 0.6 is 11.6 Å². The largest absolute Gasteiger partial charge is 0.372 e. The molecule has 0 aliphatic heterocycles. The average molecular weight is 403 g/mol. The first kappa shape index (κ1) is 21.0. The van der Waals surface area contributed by atoms with Gasteiger partial charge in [0.05, 0.1) is 11.6 Å². The summed E-state index contributed by atoms with van der Waals surface area (Å²) in [5, 5.41) is 13.8. The smallest absolute Gasteiger partial charge is 0.0889 e. The zero-order valence-electron chi connectivity index (χ0n) is 17.2. The third-order valence-electron chi connectivity index (χ3n) is 5.32. The molecular weight excluding hydrogens is 376 g/mol. The average Bonchev–Trinajstić information content (AvgIpc) is 2.72. The Morgan fingerprint density at radius 1 is 0.793 bits per heavy atom. The van der Waals surface area contributed by atoms with E-state index in [1.54, 1.807) is 0 Å². The summed E-state index contributed by atoms with van der Waals surface area (Å²) in [6.07, 6.45) is 1.08. The van der Waals surface area contributed by atoms with Gasteiger partial charge in [0.25, 0.3) is 0 Å². The second kappa shape index (κ2) is 8.72. The summed E-state index contributed by atoms with van der Waals surface area (Å²) in [6, 6.07) is 29.1. The summed E-state index contributed by atoms with van der Waals surface area (Å²) >= 11 is 6.17. The molecule has 3 heteroatoms. The van der Waals surface area contributed by atoms with Crippen LogP contribution in [-0.2, 0) is 11.0 Å². The molecule has 0 fully saturated rings. The Morgan fingerprint density at radius 3 is 1.83 bits per heavy atom. The fourth-order valence-electron chi connectivity index (χ4n) is 3.66. The first-order valence-electron chi connectivity index (χ1n) is 9.92. The molecule has 3 aromatic carbocycles. The minimum atomic E-state index is -0.530. The standard InChI is InChI=1S/C26H27ClN2/c1-25(2,3)20-10-12-21(13-11-20)26(18-7-19-28,22-14-16-23(27)17-15-22)29-24-8-5-4-6-9-24/h4-6,8-17,29H,7,18H2,1-3H3. The van der Waals surface area contributed by atoms with E-state index in [4.69, 9.17) is 11.6 Å². The Hall–Kier alpha value is -2.76.